The van der Waals surface area contributed by atoms with E-state index in [4.69, 9.17) is 4.74 Å². The minimum atomic E-state index is -0.0670. The first-order valence-electron chi connectivity index (χ1n) is 10.6. The Bertz CT molecular complexity index is 1080. The Balaban J connectivity index is 1.55. The normalized spacial score (nSPS) is 16.2. The molecule has 8 heteroatoms. The molecule has 1 aliphatic heterocycles. The Morgan fingerprint density at radius 1 is 1.32 bits per heavy atom. The Hall–Kier alpha value is -2.71. The number of H-pyrrole nitrogens is 1. The van der Waals surface area contributed by atoms with Crippen LogP contribution < -0.4 is 5.32 Å². The average Bonchev–Trinajstić information content (AvgIpc) is 3.47. The zero-order chi connectivity index (χ0) is 22.0. The molecular formula is C23H28N4O3S. The second kappa shape index (κ2) is 9.20. The molecule has 164 valence electrons. The van der Waals surface area contributed by atoms with Crippen LogP contribution in [0.5, 0.6) is 0 Å². The number of likely N-dealkylation sites (tertiary alicyclic amines) is 1. The number of aryl methyl sites for hydroxylation is 2. The number of carbonyl (C=O) groups is 2. The lowest BCUT2D eigenvalue weighted by Crippen LogP contribution is -2.30. The van der Waals surface area contributed by atoms with Crippen molar-refractivity contribution in [1.82, 2.24) is 20.4 Å². The zero-order valence-corrected chi connectivity index (χ0v) is 19.0. The van der Waals surface area contributed by atoms with Crippen molar-refractivity contribution in [2.24, 2.45) is 0 Å². The van der Waals surface area contributed by atoms with Gasteiger partial charge in [-0.2, -0.15) is 5.10 Å². The van der Waals surface area contributed by atoms with Crippen LogP contribution in [0.2, 0.25) is 0 Å². The number of benzene rings is 1. The van der Waals surface area contributed by atoms with Crippen LogP contribution in [0, 0.1) is 13.8 Å². The fraction of sp³-hybridized carbons (Fsp3) is 0.435. The number of rotatable bonds is 7. The molecule has 7 nitrogen and oxygen atoms in total. The molecule has 0 aliphatic carbocycles. The van der Waals surface area contributed by atoms with E-state index in [2.05, 4.69) is 27.6 Å². The van der Waals surface area contributed by atoms with E-state index in [1.165, 1.54) is 11.3 Å². The predicted molar refractivity (Wildman–Crippen MR) is 122 cm³/mol. The van der Waals surface area contributed by atoms with Crippen LogP contribution in [0.3, 0.4) is 0 Å². The third kappa shape index (κ3) is 4.36. The number of fused-ring (bicyclic) bond motifs is 1. The number of hydrogen-bond acceptors (Lipinski definition) is 5. The second-order valence-corrected chi connectivity index (χ2v) is 9.06. The van der Waals surface area contributed by atoms with E-state index in [-0.39, 0.29) is 17.7 Å². The van der Waals surface area contributed by atoms with Crippen LogP contribution in [-0.4, -0.2) is 60.3 Å². The molecule has 1 aromatic carbocycles. The van der Waals surface area contributed by atoms with Crippen LogP contribution in [0.4, 0.5) is 0 Å². The molecule has 3 heterocycles. The van der Waals surface area contributed by atoms with Gasteiger partial charge in [0.2, 0.25) is 5.91 Å². The Kier molecular flexibility index (Phi) is 6.38. The van der Waals surface area contributed by atoms with Crippen molar-refractivity contribution in [2.45, 2.75) is 32.6 Å². The number of methoxy groups -OCH3 is 1. The van der Waals surface area contributed by atoms with Gasteiger partial charge in [-0.3, -0.25) is 14.7 Å². The third-order valence-electron chi connectivity index (χ3n) is 5.99. The standard InChI is InChI=1S/C23H28N4O3S/c1-14-18(15(2)26-25-14)12-20(28)27-10-8-16(13-27)21-17-6-4-5-7-19(17)31-22(21)23(29)24-9-11-30-3/h4-7,16H,8-13H2,1-3H3,(H,24,29)(H,25,26)/t16-/m0/s1. The van der Waals surface area contributed by atoms with Gasteiger partial charge in [-0.25, -0.2) is 0 Å². The molecule has 0 saturated carbocycles. The summed E-state index contributed by atoms with van der Waals surface area (Å²) in [5.74, 6) is 0.193. The Morgan fingerprint density at radius 2 is 2.13 bits per heavy atom. The fourth-order valence-corrected chi connectivity index (χ4v) is 5.51. The highest BCUT2D eigenvalue weighted by molar-refractivity contribution is 7.21. The summed E-state index contributed by atoms with van der Waals surface area (Å²) < 4.78 is 6.16. The molecule has 2 aromatic heterocycles. The van der Waals surface area contributed by atoms with E-state index >= 15 is 0 Å². The Labute approximate surface area is 185 Å². The third-order valence-corrected chi connectivity index (χ3v) is 7.18. The lowest BCUT2D eigenvalue weighted by atomic mass is 9.95. The van der Waals surface area contributed by atoms with Gasteiger partial charge < -0.3 is 15.0 Å². The lowest BCUT2D eigenvalue weighted by Gasteiger charge is -2.17. The van der Waals surface area contributed by atoms with E-state index < -0.39 is 0 Å². The van der Waals surface area contributed by atoms with E-state index in [9.17, 15) is 9.59 Å². The molecule has 3 aromatic rings. The van der Waals surface area contributed by atoms with Gasteiger partial charge >= 0.3 is 0 Å². The van der Waals surface area contributed by atoms with Crippen molar-refractivity contribution in [3.63, 3.8) is 0 Å². The molecule has 4 rings (SSSR count). The SMILES string of the molecule is COCCNC(=O)c1sc2ccccc2c1[C@H]1CCN(C(=O)Cc2c(C)n[nH]c2C)C1. The minimum absolute atomic E-state index is 0.0670. The zero-order valence-electron chi connectivity index (χ0n) is 18.2. The van der Waals surface area contributed by atoms with Gasteiger partial charge in [0.15, 0.2) is 0 Å². The van der Waals surface area contributed by atoms with Crippen LogP contribution in [-0.2, 0) is 16.0 Å². The van der Waals surface area contributed by atoms with Crippen LogP contribution >= 0.6 is 11.3 Å². The van der Waals surface area contributed by atoms with Gasteiger partial charge in [0.1, 0.15) is 0 Å². The minimum Gasteiger partial charge on any atom is -0.383 e. The van der Waals surface area contributed by atoms with Crippen molar-refractivity contribution in [2.75, 3.05) is 33.4 Å². The summed E-state index contributed by atoms with van der Waals surface area (Å²) in [6.45, 7) is 6.15. The van der Waals surface area contributed by atoms with Crippen LogP contribution in [0.25, 0.3) is 10.1 Å². The first-order chi connectivity index (χ1) is 15.0. The molecular weight excluding hydrogens is 412 g/mol. The van der Waals surface area contributed by atoms with Crippen molar-refractivity contribution >= 4 is 33.2 Å². The summed E-state index contributed by atoms with van der Waals surface area (Å²) in [6, 6.07) is 8.14. The van der Waals surface area contributed by atoms with Crippen molar-refractivity contribution < 1.29 is 14.3 Å². The topological polar surface area (TPSA) is 87.3 Å². The molecule has 0 unspecified atom stereocenters. The number of aromatic amines is 1. The largest absolute Gasteiger partial charge is 0.383 e. The van der Waals surface area contributed by atoms with E-state index in [1.54, 1.807) is 7.11 Å². The first-order valence-corrected chi connectivity index (χ1v) is 11.4. The average molecular weight is 441 g/mol. The number of ether oxygens (including phenoxy) is 1. The highest BCUT2D eigenvalue weighted by atomic mass is 32.1. The predicted octanol–water partition coefficient (Wildman–Crippen LogP) is 3.18. The van der Waals surface area contributed by atoms with Crippen molar-refractivity contribution in [1.29, 1.82) is 0 Å². The van der Waals surface area contributed by atoms with E-state index in [0.717, 1.165) is 43.9 Å². The number of amides is 2. The molecule has 1 aliphatic rings. The first kappa shape index (κ1) is 21.5. The molecule has 1 atom stereocenters. The number of nitrogens with one attached hydrogen (secondary N) is 2. The fourth-order valence-electron chi connectivity index (χ4n) is 4.31. The van der Waals surface area contributed by atoms with Gasteiger partial charge in [0, 0.05) is 48.6 Å². The van der Waals surface area contributed by atoms with Crippen LogP contribution in [0.15, 0.2) is 24.3 Å². The van der Waals surface area contributed by atoms with E-state index in [0.29, 0.717) is 32.7 Å². The molecule has 1 fully saturated rings. The van der Waals surface area contributed by atoms with Gasteiger partial charge in [-0.1, -0.05) is 18.2 Å². The summed E-state index contributed by atoms with van der Waals surface area (Å²) in [4.78, 5) is 28.6. The molecule has 2 amide bonds. The van der Waals surface area contributed by atoms with E-state index in [1.807, 2.05) is 30.9 Å². The maximum absolute atomic E-state index is 13.0. The molecule has 31 heavy (non-hydrogen) atoms. The summed E-state index contributed by atoms with van der Waals surface area (Å²) in [5, 5.41) is 11.2. The molecule has 0 spiro atoms. The summed E-state index contributed by atoms with van der Waals surface area (Å²) in [6.07, 6.45) is 1.21. The summed E-state index contributed by atoms with van der Waals surface area (Å²) in [7, 11) is 1.62. The number of nitrogens with zero attached hydrogens (tertiary/aromatic N) is 2. The van der Waals surface area contributed by atoms with Crippen LogP contribution in [0.1, 0.15) is 44.5 Å². The molecule has 1 saturated heterocycles. The quantitative estimate of drug-likeness (QED) is 0.553. The van der Waals surface area contributed by atoms with Gasteiger partial charge in [-0.05, 0) is 37.3 Å². The second-order valence-electron chi connectivity index (χ2n) is 8.00. The molecule has 0 radical (unpaired) electrons. The lowest BCUT2D eigenvalue weighted by molar-refractivity contribution is -0.129. The van der Waals surface area contributed by atoms with Crippen molar-refractivity contribution in [3.8, 4) is 0 Å². The summed E-state index contributed by atoms with van der Waals surface area (Å²) in [5.41, 5.74) is 3.87. The maximum Gasteiger partial charge on any atom is 0.261 e. The van der Waals surface area contributed by atoms with Gasteiger partial charge in [-0.15, -0.1) is 11.3 Å². The highest BCUT2D eigenvalue weighted by Crippen LogP contribution is 2.40. The maximum atomic E-state index is 13.0. The molecule has 2 N–H and O–H groups in total. The van der Waals surface area contributed by atoms with Crippen molar-refractivity contribution in [3.05, 3.63) is 51.7 Å². The number of hydrogen-bond donors (Lipinski definition) is 2. The summed E-state index contributed by atoms with van der Waals surface area (Å²) >= 11 is 1.53. The smallest absolute Gasteiger partial charge is 0.261 e. The Morgan fingerprint density at radius 3 is 2.87 bits per heavy atom. The van der Waals surface area contributed by atoms with Gasteiger partial charge in [0.25, 0.3) is 5.91 Å². The monoisotopic (exact) mass is 440 g/mol. The molecule has 0 bridgehead atoms. The highest BCUT2D eigenvalue weighted by Gasteiger charge is 2.32. The number of carbonyl (C=O) groups excluding carboxylic acids is 2. The number of thiophene rings is 1. The van der Waals surface area contributed by atoms with Gasteiger partial charge in [0.05, 0.1) is 23.6 Å². The number of aromatic nitrogens is 2.